The van der Waals surface area contributed by atoms with E-state index < -0.39 is 5.97 Å². The molecular weight excluding hydrogens is 218 g/mol. The molecule has 0 aromatic carbocycles. The number of carbonyl (C=O) groups is 1. The van der Waals surface area contributed by atoms with Gasteiger partial charge in [-0.2, -0.15) is 0 Å². The molecule has 0 fully saturated rings. The van der Waals surface area contributed by atoms with E-state index in [0.29, 0.717) is 12.5 Å². The van der Waals surface area contributed by atoms with Gasteiger partial charge in [-0.15, -0.1) is 0 Å². The third kappa shape index (κ3) is 3.75. The lowest BCUT2D eigenvalue weighted by molar-refractivity contribution is 0.0696. The van der Waals surface area contributed by atoms with Crippen LogP contribution in [-0.2, 0) is 0 Å². The van der Waals surface area contributed by atoms with E-state index in [1.165, 1.54) is 12.1 Å². The molecule has 1 aromatic heterocycles. The number of hydrogen-bond acceptors (Lipinski definition) is 3. The number of aromatic nitrogens is 1. The minimum absolute atomic E-state index is 0.0776. The van der Waals surface area contributed by atoms with Crippen molar-refractivity contribution in [3.63, 3.8) is 0 Å². The lowest BCUT2D eigenvalue weighted by Crippen LogP contribution is -2.07. The molecule has 0 bridgehead atoms. The van der Waals surface area contributed by atoms with Crippen LogP contribution >= 0.6 is 11.6 Å². The summed E-state index contributed by atoms with van der Waals surface area (Å²) in [6, 6.07) is 2.64. The van der Waals surface area contributed by atoms with Crippen molar-refractivity contribution in [2.45, 2.75) is 13.8 Å². The summed E-state index contributed by atoms with van der Waals surface area (Å²) >= 11 is 5.65. The van der Waals surface area contributed by atoms with Crippen LogP contribution in [0, 0.1) is 5.92 Å². The van der Waals surface area contributed by atoms with Gasteiger partial charge in [-0.3, -0.25) is 0 Å². The zero-order valence-electron chi connectivity index (χ0n) is 8.53. The molecule has 0 saturated carbocycles. The molecule has 1 aromatic rings. The van der Waals surface area contributed by atoms with Gasteiger partial charge < -0.3 is 9.84 Å². The molecule has 0 saturated heterocycles. The molecule has 0 aliphatic rings. The lowest BCUT2D eigenvalue weighted by Gasteiger charge is -2.08. The van der Waals surface area contributed by atoms with E-state index in [1.807, 2.05) is 13.8 Å². The van der Waals surface area contributed by atoms with Crippen molar-refractivity contribution < 1.29 is 14.6 Å². The maximum absolute atomic E-state index is 10.7. The highest BCUT2D eigenvalue weighted by Gasteiger charge is 2.08. The summed E-state index contributed by atoms with van der Waals surface area (Å²) in [7, 11) is 0. The van der Waals surface area contributed by atoms with Crippen LogP contribution in [0.15, 0.2) is 12.1 Å². The number of ether oxygens (including phenoxy) is 1. The maximum Gasteiger partial charge on any atom is 0.335 e. The second kappa shape index (κ2) is 4.98. The van der Waals surface area contributed by atoms with Crippen LogP contribution in [0.1, 0.15) is 24.2 Å². The third-order valence-electron chi connectivity index (χ3n) is 1.58. The van der Waals surface area contributed by atoms with Crippen molar-refractivity contribution in [2.24, 2.45) is 5.92 Å². The average Bonchev–Trinajstić information content (AvgIpc) is 2.13. The molecule has 1 heterocycles. The SMILES string of the molecule is CC(C)COc1cc(C(=O)O)cc(Cl)n1. The van der Waals surface area contributed by atoms with Gasteiger partial charge in [0.05, 0.1) is 12.2 Å². The maximum atomic E-state index is 10.7. The van der Waals surface area contributed by atoms with Gasteiger partial charge in [-0.1, -0.05) is 25.4 Å². The Morgan fingerprint density at radius 2 is 2.27 bits per heavy atom. The summed E-state index contributed by atoms with van der Waals surface area (Å²) < 4.78 is 5.28. The molecule has 0 aliphatic carbocycles. The molecule has 0 radical (unpaired) electrons. The predicted molar refractivity (Wildman–Crippen MR) is 56.5 cm³/mol. The fourth-order valence-electron chi connectivity index (χ4n) is 0.922. The zero-order chi connectivity index (χ0) is 11.4. The molecule has 0 spiro atoms. The van der Waals surface area contributed by atoms with Gasteiger partial charge in [0.15, 0.2) is 0 Å². The molecule has 1 rings (SSSR count). The third-order valence-corrected chi connectivity index (χ3v) is 1.78. The van der Waals surface area contributed by atoms with Gasteiger partial charge in [0.1, 0.15) is 5.15 Å². The number of carboxylic acid groups (broad SMARTS) is 1. The van der Waals surface area contributed by atoms with Crippen molar-refractivity contribution in [3.05, 3.63) is 22.8 Å². The average molecular weight is 230 g/mol. The second-order valence-corrected chi connectivity index (χ2v) is 3.91. The molecule has 5 heteroatoms. The van der Waals surface area contributed by atoms with Crippen molar-refractivity contribution in [3.8, 4) is 5.88 Å². The molecule has 1 N–H and O–H groups in total. The molecule has 0 atom stereocenters. The smallest absolute Gasteiger partial charge is 0.335 e. The van der Waals surface area contributed by atoms with Gasteiger partial charge in [-0.25, -0.2) is 9.78 Å². The summed E-state index contributed by atoms with van der Waals surface area (Å²) in [6.07, 6.45) is 0. The standard InChI is InChI=1S/C10H12ClNO3/c1-6(2)5-15-9-4-7(10(13)14)3-8(11)12-9/h3-4,6H,5H2,1-2H3,(H,13,14). The van der Waals surface area contributed by atoms with E-state index in [0.717, 1.165) is 0 Å². The fraction of sp³-hybridized carbons (Fsp3) is 0.400. The molecule has 82 valence electrons. The summed E-state index contributed by atoms with van der Waals surface area (Å²) in [5.74, 6) is -0.457. The van der Waals surface area contributed by atoms with Crippen LogP contribution in [0.4, 0.5) is 0 Å². The molecule has 0 aliphatic heterocycles. The van der Waals surface area contributed by atoms with Gasteiger partial charge in [0, 0.05) is 6.07 Å². The van der Waals surface area contributed by atoms with Crippen molar-refractivity contribution in [1.82, 2.24) is 4.98 Å². The van der Waals surface area contributed by atoms with Gasteiger partial charge >= 0.3 is 5.97 Å². The number of aromatic carboxylic acids is 1. The van der Waals surface area contributed by atoms with Crippen LogP contribution in [0.5, 0.6) is 5.88 Å². The highest BCUT2D eigenvalue weighted by atomic mass is 35.5. The first-order valence-corrected chi connectivity index (χ1v) is 4.90. The topological polar surface area (TPSA) is 59.4 Å². The molecule has 0 unspecified atom stereocenters. The highest BCUT2D eigenvalue weighted by molar-refractivity contribution is 6.29. The van der Waals surface area contributed by atoms with Crippen molar-refractivity contribution in [2.75, 3.05) is 6.61 Å². The van der Waals surface area contributed by atoms with Gasteiger partial charge in [0.2, 0.25) is 5.88 Å². The van der Waals surface area contributed by atoms with Gasteiger partial charge in [-0.05, 0) is 12.0 Å². The Morgan fingerprint density at radius 3 is 2.80 bits per heavy atom. The van der Waals surface area contributed by atoms with Crippen molar-refractivity contribution in [1.29, 1.82) is 0 Å². The van der Waals surface area contributed by atoms with Gasteiger partial charge in [0.25, 0.3) is 0 Å². The quantitative estimate of drug-likeness (QED) is 0.806. The summed E-state index contributed by atoms with van der Waals surface area (Å²) in [5.41, 5.74) is 0.0776. The Bertz CT molecular complexity index is 366. The minimum atomic E-state index is -1.05. The second-order valence-electron chi connectivity index (χ2n) is 3.53. The highest BCUT2D eigenvalue weighted by Crippen LogP contribution is 2.16. The van der Waals surface area contributed by atoms with Crippen LogP contribution in [0.3, 0.4) is 0 Å². The molecule has 0 amide bonds. The monoisotopic (exact) mass is 229 g/mol. The van der Waals surface area contributed by atoms with Crippen LogP contribution < -0.4 is 4.74 Å². The Labute approximate surface area is 92.8 Å². The van der Waals surface area contributed by atoms with E-state index in [2.05, 4.69) is 4.98 Å². The Balaban J connectivity index is 2.84. The van der Waals surface area contributed by atoms with E-state index >= 15 is 0 Å². The Morgan fingerprint density at radius 1 is 1.60 bits per heavy atom. The number of nitrogens with zero attached hydrogens (tertiary/aromatic N) is 1. The number of pyridine rings is 1. The first kappa shape index (κ1) is 11.8. The molecule has 4 nitrogen and oxygen atoms in total. The van der Waals surface area contributed by atoms with E-state index in [9.17, 15) is 4.79 Å². The number of rotatable bonds is 4. The van der Waals surface area contributed by atoms with E-state index in [4.69, 9.17) is 21.4 Å². The van der Waals surface area contributed by atoms with E-state index in [-0.39, 0.29) is 16.6 Å². The minimum Gasteiger partial charge on any atom is -0.478 e. The number of hydrogen-bond donors (Lipinski definition) is 1. The first-order chi connectivity index (χ1) is 6.99. The fourth-order valence-corrected chi connectivity index (χ4v) is 1.12. The normalized spacial score (nSPS) is 10.4. The predicted octanol–water partition coefficient (Wildman–Crippen LogP) is 2.47. The summed E-state index contributed by atoms with van der Waals surface area (Å²) in [5, 5.41) is 8.89. The zero-order valence-corrected chi connectivity index (χ0v) is 9.28. The van der Waals surface area contributed by atoms with Crippen molar-refractivity contribution >= 4 is 17.6 Å². The largest absolute Gasteiger partial charge is 0.478 e. The molecular formula is C10H12ClNO3. The van der Waals surface area contributed by atoms with E-state index in [1.54, 1.807) is 0 Å². The number of halogens is 1. The Kier molecular flexibility index (Phi) is 3.91. The lowest BCUT2D eigenvalue weighted by atomic mass is 10.2. The van der Waals surface area contributed by atoms with Crippen LogP contribution in [-0.4, -0.2) is 22.7 Å². The summed E-state index contributed by atoms with van der Waals surface area (Å²) in [6.45, 7) is 4.46. The Hall–Kier alpha value is -1.29. The van der Waals surface area contributed by atoms with Crippen LogP contribution in [0.25, 0.3) is 0 Å². The summed E-state index contributed by atoms with van der Waals surface area (Å²) in [4.78, 5) is 14.6. The molecule has 15 heavy (non-hydrogen) atoms. The van der Waals surface area contributed by atoms with Crippen LogP contribution in [0.2, 0.25) is 5.15 Å². The number of carboxylic acids is 1. The first-order valence-electron chi connectivity index (χ1n) is 4.52.